The van der Waals surface area contributed by atoms with Crippen molar-refractivity contribution in [1.82, 2.24) is 9.97 Å². The van der Waals surface area contributed by atoms with E-state index in [0.29, 0.717) is 29.4 Å². The van der Waals surface area contributed by atoms with Crippen molar-refractivity contribution in [2.24, 2.45) is 5.92 Å². The van der Waals surface area contributed by atoms with Gasteiger partial charge in [-0.25, -0.2) is 4.98 Å². The van der Waals surface area contributed by atoms with Gasteiger partial charge < -0.3 is 4.74 Å². The lowest BCUT2D eigenvalue weighted by Gasteiger charge is -2.19. The molecule has 0 radical (unpaired) electrons. The average molecular weight is 257 g/mol. The maximum absolute atomic E-state index is 6.11. The second-order valence-corrected chi connectivity index (χ2v) is 6.08. The van der Waals surface area contributed by atoms with Crippen LogP contribution >= 0.6 is 11.6 Å². The third-order valence-corrected chi connectivity index (χ3v) is 2.63. The summed E-state index contributed by atoms with van der Waals surface area (Å²) in [5.74, 6) is 1.77. The zero-order valence-corrected chi connectivity index (χ0v) is 12.2. The Balaban J connectivity index is 3.07. The number of aromatic nitrogens is 2. The van der Waals surface area contributed by atoms with Crippen molar-refractivity contribution in [2.45, 2.75) is 47.0 Å². The number of hydrogen-bond donors (Lipinski definition) is 0. The largest absolute Gasteiger partial charge is 0.477 e. The second-order valence-electron chi connectivity index (χ2n) is 5.72. The lowest BCUT2D eigenvalue weighted by molar-refractivity contribution is 0.257. The Labute approximate surface area is 109 Å². The molecule has 0 saturated heterocycles. The Morgan fingerprint density at radius 3 is 2.29 bits per heavy atom. The molecule has 0 spiro atoms. The fraction of sp³-hybridized carbons (Fsp3) is 0.692. The lowest BCUT2D eigenvalue weighted by Crippen LogP contribution is -2.18. The maximum Gasteiger partial charge on any atom is 0.221 e. The van der Waals surface area contributed by atoms with Crippen LogP contribution < -0.4 is 4.74 Å². The second kappa shape index (κ2) is 5.21. The molecule has 0 aliphatic heterocycles. The lowest BCUT2D eigenvalue weighted by atomic mass is 9.96. The molecule has 1 rings (SSSR count). The van der Waals surface area contributed by atoms with Crippen molar-refractivity contribution in [1.29, 1.82) is 0 Å². The monoisotopic (exact) mass is 256 g/mol. The van der Waals surface area contributed by atoms with E-state index in [1.807, 2.05) is 6.92 Å². The van der Waals surface area contributed by atoms with E-state index in [1.165, 1.54) is 0 Å². The van der Waals surface area contributed by atoms with Crippen molar-refractivity contribution in [3.63, 3.8) is 0 Å². The molecule has 0 bridgehead atoms. The number of hydrogen-bond acceptors (Lipinski definition) is 3. The van der Waals surface area contributed by atoms with Gasteiger partial charge in [-0.3, -0.25) is 0 Å². The van der Waals surface area contributed by atoms with E-state index in [4.69, 9.17) is 16.3 Å². The van der Waals surface area contributed by atoms with Gasteiger partial charge in [-0.1, -0.05) is 46.2 Å². The first-order valence-corrected chi connectivity index (χ1v) is 6.27. The molecule has 0 unspecified atom stereocenters. The minimum Gasteiger partial charge on any atom is -0.477 e. The molecule has 1 aromatic heterocycles. The summed E-state index contributed by atoms with van der Waals surface area (Å²) < 4.78 is 5.68. The summed E-state index contributed by atoms with van der Waals surface area (Å²) in [6.07, 6.45) is 0. The zero-order valence-electron chi connectivity index (χ0n) is 11.5. The molecule has 3 nitrogen and oxygen atoms in total. The molecular weight excluding hydrogens is 236 g/mol. The zero-order chi connectivity index (χ0) is 13.2. The predicted octanol–water partition coefficient (Wildman–Crippen LogP) is 3.77. The quantitative estimate of drug-likeness (QED) is 0.772. The normalized spacial score (nSPS) is 12.0. The Hall–Kier alpha value is -0.830. The molecule has 0 fully saturated rings. The SMILES string of the molecule is Cc1c(Cl)nc(C(C)(C)C)nc1OCC(C)C. The first-order chi connectivity index (χ1) is 7.71. The van der Waals surface area contributed by atoms with Gasteiger partial charge in [-0.15, -0.1) is 0 Å². The van der Waals surface area contributed by atoms with Gasteiger partial charge in [-0.2, -0.15) is 4.98 Å². The van der Waals surface area contributed by atoms with E-state index >= 15 is 0 Å². The highest BCUT2D eigenvalue weighted by atomic mass is 35.5. The molecule has 0 saturated carbocycles. The van der Waals surface area contributed by atoms with Crippen molar-refractivity contribution in [2.75, 3.05) is 6.61 Å². The van der Waals surface area contributed by atoms with Gasteiger partial charge in [0.2, 0.25) is 5.88 Å². The number of rotatable bonds is 3. The van der Waals surface area contributed by atoms with Crippen LogP contribution in [0.2, 0.25) is 5.15 Å². The number of ether oxygens (including phenoxy) is 1. The van der Waals surface area contributed by atoms with Crippen LogP contribution in [-0.2, 0) is 5.41 Å². The van der Waals surface area contributed by atoms with Crippen LogP contribution in [0.4, 0.5) is 0 Å². The van der Waals surface area contributed by atoms with Crippen molar-refractivity contribution >= 4 is 11.6 Å². The molecule has 0 aliphatic rings. The van der Waals surface area contributed by atoms with Gasteiger partial charge in [0, 0.05) is 11.0 Å². The highest BCUT2D eigenvalue weighted by Crippen LogP contribution is 2.27. The van der Waals surface area contributed by atoms with E-state index < -0.39 is 0 Å². The molecule has 1 heterocycles. The third-order valence-electron chi connectivity index (χ3n) is 2.27. The fourth-order valence-electron chi connectivity index (χ4n) is 1.19. The summed E-state index contributed by atoms with van der Waals surface area (Å²) >= 11 is 6.11. The van der Waals surface area contributed by atoms with E-state index in [1.54, 1.807) is 0 Å². The van der Waals surface area contributed by atoms with Crippen molar-refractivity contribution in [3.8, 4) is 5.88 Å². The standard InChI is InChI=1S/C13H21ClN2O/c1-8(2)7-17-11-9(3)10(14)15-12(16-11)13(4,5)6/h8H,7H2,1-6H3. The van der Waals surface area contributed by atoms with Crippen molar-refractivity contribution in [3.05, 3.63) is 16.5 Å². The van der Waals surface area contributed by atoms with Crippen molar-refractivity contribution < 1.29 is 4.74 Å². The average Bonchev–Trinajstić information content (AvgIpc) is 2.18. The van der Waals surface area contributed by atoms with Crippen LogP contribution in [0.15, 0.2) is 0 Å². The molecule has 0 aliphatic carbocycles. The molecule has 0 amide bonds. The van der Waals surface area contributed by atoms with Gasteiger partial charge in [0.15, 0.2) is 0 Å². The summed E-state index contributed by atoms with van der Waals surface area (Å²) in [6, 6.07) is 0. The molecule has 0 atom stereocenters. The van der Waals surface area contributed by atoms with Crippen LogP contribution in [-0.4, -0.2) is 16.6 Å². The van der Waals surface area contributed by atoms with Gasteiger partial charge in [-0.05, 0) is 12.8 Å². The number of nitrogens with zero attached hydrogens (tertiary/aromatic N) is 2. The van der Waals surface area contributed by atoms with E-state index in [0.717, 1.165) is 5.56 Å². The molecule has 4 heteroatoms. The summed E-state index contributed by atoms with van der Waals surface area (Å²) in [6.45, 7) is 12.9. The summed E-state index contributed by atoms with van der Waals surface area (Å²) in [7, 11) is 0. The summed E-state index contributed by atoms with van der Waals surface area (Å²) in [5.41, 5.74) is 0.674. The Bertz CT molecular complexity index is 397. The first-order valence-electron chi connectivity index (χ1n) is 5.89. The van der Waals surface area contributed by atoms with E-state index in [-0.39, 0.29) is 5.41 Å². The smallest absolute Gasteiger partial charge is 0.221 e. The summed E-state index contributed by atoms with van der Waals surface area (Å²) in [5, 5.41) is 0.476. The number of halogens is 1. The van der Waals surface area contributed by atoms with Gasteiger partial charge in [0.25, 0.3) is 0 Å². The predicted molar refractivity (Wildman–Crippen MR) is 70.8 cm³/mol. The molecule has 0 aromatic carbocycles. The van der Waals surface area contributed by atoms with Gasteiger partial charge >= 0.3 is 0 Å². The topological polar surface area (TPSA) is 35.0 Å². The first kappa shape index (κ1) is 14.2. The van der Waals surface area contributed by atoms with Crippen LogP contribution in [0.3, 0.4) is 0 Å². The Morgan fingerprint density at radius 2 is 1.82 bits per heavy atom. The molecule has 96 valence electrons. The minimum atomic E-state index is -0.132. The van der Waals surface area contributed by atoms with Crippen LogP contribution in [0.25, 0.3) is 0 Å². The molecule has 17 heavy (non-hydrogen) atoms. The molecule has 0 N–H and O–H groups in total. The maximum atomic E-state index is 6.11. The Morgan fingerprint density at radius 1 is 1.24 bits per heavy atom. The van der Waals surface area contributed by atoms with Gasteiger partial charge in [0.05, 0.1) is 6.61 Å². The van der Waals surface area contributed by atoms with Crippen LogP contribution in [0, 0.1) is 12.8 Å². The molecular formula is C13H21ClN2O. The summed E-state index contributed by atoms with van der Waals surface area (Å²) in [4.78, 5) is 8.76. The van der Waals surface area contributed by atoms with E-state index in [2.05, 4.69) is 44.6 Å². The third kappa shape index (κ3) is 3.84. The highest BCUT2D eigenvalue weighted by Gasteiger charge is 2.21. The minimum absolute atomic E-state index is 0.132. The highest BCUT2D eigenvalue weighted by molar-refractivity contribution is 6.30. The fourth-order valence-corrected chi connectivity index (χ4v) is 1.35. The Kier molecular flexibility index (Phi) is 4.36. The van der Waals surface area contributed by atoms with Gasteiger partial charge in [0.1, 0.15) is 11.0 Å². The van der Waals surface area contributed by atoms with Crippen LogP contribution in [0.5, 0.6) is 5.88 Å². The molecule has 1 aromatic rings. The van der Waals surface area contributed by atoms with E-state index in [9.17, 15) is 0 Å². The van der Waals surface area contributed by atoms with Crippen LogP contribution in [0.1, 0.15) is 46.0 Å².